The molecule has 0 heterocycles. The zero-order valence-electron chi connectivity index (χ0n) is 9.96. The van der Waals surface area contributed by atoms with E-state index in [9.17, 15) is 19.2 Å². The van der Waals surface area contributed by atoms with Gasteiger partial charge in [0.1, 0.15) is 6.29 Å². The van der Waals surface area contributed by atoms with Crippen molar-refractivity contribution in [3.05, 3.63) is 22.0 Å². The molecule has 0 amide bonds. The first kappa shape index (κ1) is 15.7. The van der Waals surface area contributed by atoms with Crippen LogP contribution in [0.15, 0.2) is 22.0 Å². The van der Waals surface area contributed by atoms with Gasteiger partial charge in [0.25, 0.3) is 0 Å². The Kier molecular flexibility index (Phi) is 6.58. The smallest absolute Gasteiger partial charge is 0.304 e. The first-order valence-corrected chi connectivity index (χ1v) is 7.44. The molecule has 0 bridgehead atoms. The Labute approximate surface area is 118 Å². The molecule has 1 aliphatic rings. The molecule has 0 saturated carbocycles. The van der Waals surface area contributed by atoms with E-state index in [1.54, 1.807) is 0 Å². The van der Waals surface area contributed by atoms with Crippen LogP contribution in [-0.2, 0) is 19.2 Å². The van der Waals surface area contributed by atoms with Gasteiger partial charge in [0.05, 0.1) is 16.2 Å². The fourth-order valence-electron chi connectivity index (χ4n) is 1.21. The van der Waals surface area contributed by atoms with Crippen LogP contribution in [0.1, 0.15) is 12.8 Å². The molecule has 102 valence electrons. The molecule has 5 nitrogen and oxygen atoms in total. The van der Waals surface area contributed by atoms with Crippen molar-refractivity contribution in [3.63, 3.8) is 0 Å². The van der Waals surface area contributed by atoms with Crippen LogP contribution in [-0.4, -0.2) is 40.4 Å². The van der Waals surface area contributed by atoms with Crippen LogP contribution >= 0.6 is 23.5 Å². The number of carbonyl (C=O) groups is 4. The number of carboxylic acid groups (broad SMARTS) is 1. The molecule has 0 spiro atoms. The third-order valence-corrected chi connectivity index (χ3v) is 4.18. The minimum atomic E-state index is -0.941. The molecule has 7 heteroatoms. The molecule has 0 saturated heterocycles. The van der Waals surface area contributed by atoms with Crippen molar-refractivity contribution in [2.24, 2.45) is 0 Å². The van der Waals surface area contributed by atoms with Crippen LogP contribution in [0, 0.1) is 0 Å². The second-order valence-electron chi connectivity index (χ2n) is 3.54. The highest BCUT2D eigenvalue weighted by atomic mass is 32.2. The Balaban J connectivity index is 2.54. The standard InChI is InChI=1S/C12H12O5S2/c13-3-1-4-18-10-6-9(15)11(7-8(10)14)19-5-2-12(16)17/h3,6-7H,1-2,4-5H2,(H,16,17). The molecule has 0 aromatic rings. The van der Waals surface area contributed by atoms with Crippen molar-refractivity contribution in [1.29, 1.82) is 0 Å². The highest BCUT2D eigenvalue weighted by Crippen LogP contribution is 2.28. The fraction of sp³-hybridized carbons (Fsp3) is 0.333. The summed E-state index contributed by atoms with van der Waals surface area (Å²) in [4.78, 5) is 44.5. The molecule has 19 heavy (non-hydrogen) atoms. The molecule has 1 rings (SSSR count). The lowest BCUT2D eigenvalue weighted by Crippen LogP contribution is -2.11. The molecule has 0 unspecified atom stereocenters. The maximum Gasteiger partial charge on any atom is 0.304 e. The van der Waals surface area contributed by atoms with Gasteiger partial charge < -0.3 is 9.90 Å². The Morgan fingerprint density at radius 2 is 1.63 bits per heavy atom. The van der Waals surface area contributed by atoms with Crippen molar-refractivity contribution >= 4 is 47.3 Å². The van der Waals surface area contributed by atoms with E-state index >= 15 is 0 Å². The van der Waals surface area contributed by atoms with Crippen LogP contribution in [0.4, 0.5) is 0 Å². The van der Waals surface area contributed by atoms with Gasteiger partial charge in [-0.2, -0.15) is 0 Å². The van der Waals surface area contributed by atoms with Crippen molar-refractivity contribution < 1.29 is 24.3 Å². The molecule has 0 fully saturated rings. The highest BCUT2D eigenvalue weighted by Gasteiger charge is 2.20. The predicted molar refractivity (Wildman–Crippen MR) is 74.0 cm³/mol. The largest absolute Gasteiger partial charge is 0.481 e. The van der Waals surface area contributed by atoms with Gasteiger partial charge in [-0.1, -0.05) is 0 Å². The number of thioether (sulfide) groups is 2. The van der Waals surface area contributed by atoms with Crippen LogP contribution in [0.5, 0.6) is 0 Å². The van der Waals surface area contributed by atoms with E-state index in [4.69, 9.17) is 5.11 Å². The van der Waals surface area contributed by atoms with Gasteiger partial charge in [0, 0.05) is 30.1 Å². The molecule has 0 aliphatic heterocycles. The van der Waals surface area contributed by atoms with Crippen molar-refractivity contribution in [3.8, 4) is 0 Å². The number of carboxylic acids is 1. The van der Waals surface area contributed by atoms with Crippen molar-refractivity contribution in [2.75, 3.05) is 11.5 Å². The molecule has 0 aromatic carbocycles. The summed E-state index contributed by atoms with van der Waals surface area (Å²) in [6.07, 6.45) is 3.51. The molecule has 1 aliphatic carbocycles. The van der Waals surface area contributed by atoms with E-state index in [1.165, 1.54) is 23.9 Å². The maximum absolute atomic E-state index is 11.7. The lowest BCUT2D eigenvalue weighted by Gasteiger charge is -2.10. The van der Waals surface area contributed by atoms with E-state index in [-0.39, 0.29) is 28.6 Å². The lowest BCUT2D eigenvalue weighted by molar-refractivity contribution is -0.136. The Morgan fingerprint density at radius 1 is 1.11 bits per heavy atom. The summed E-state index contributed by atoms with van der Waals surface area (Å²) in [5, 5.41) is 8.49. The average Bonchev–Trinajstić information content (AvgIpc) is 2.34. The van der Waals surface area contributed by atoms with Gasteiger partial charge in [0.2, 0.25) is 0 Å². The van der Waals surface area contributed by atoms with Gasteiger partial charge in [-0.25, -0.2) is 0 Å². The SMILES string of the molecule is O=CCCSC1=CC(=O)C(SCCC(=O)O)=CC1=O. The first-order valence-electron chi connectivity index (χ1n) is 5.47. The Hall–Kier alpha value is -1.34. The van der Waals surface area contributed by atoms with Crippen molar-refractivity contribution in [1.82, 2.24) is 0 Å². The lowest BCUT2D eigenvalue weighted by atomic mass is 10.2. The number of ketones is 2. The van der Waals surface area contributed by atoms with E-state index in [0.29, 0.717) is 17.1 Å². The highest BCUT2D eigenvalue weighted by molar-refractivity contribution is 8.04. The van der Waals surface area contributed by atoms with Crippen LogP contribution < -0.4 is 0 Å². The van der Waals surface area contributed by atoms with E-state index in [2.05, 4.69) is 0 Å². The minimum Gasteiger partial charge on any atom is -0.481 e. The summed E-state index contributed by atoms with van der Waals surface area (Å²) < 4.78 is 0. The number of rotatable bonds is 8. The molecular formula is C12H12O5S2. The summed E-state index contributed by atoms with van der Waals surface area (Å²) in [6, 6.07) is 0. The van der Waals surface area contributed by atoms with Gasteiger partial charge in [0.15, 0.2) is 11.6 Å². The second-order valence-corrected chi connectivity index (χ2v) is 5.82. The summed E-state index contributed by atoms with van der Waals surface area (Å²) in [5.41, 5.74) is 0. The number of aliphatic carboxylic acids is 1. The van der Waals surface area contributed by atoms with Gasteiger partial charge >= 0.3 is 5.97 Å². The Morgan fingerprint density at radius 3 is 2.11 bits per heavy atom. The quantitative estimate of drug-likeness (QED) is 0.412. The number of hydrogen-bond donors (Lipinski definition) is 1. The monoisotopic (exact) mass is 300 g/mol. The molecular weight excluding hydrogens is 288 g/mol. The summed E-state index contributed by atoms with van der Waals surface area (Å²) in [6.45, 7) is 0. The number of aldehydes is 1. The van der Waals surface area contributed by atoms with Crippen LogP contribution in [0.2, 0.25) is 0 Å². The number of allylic oxidation sites excluding steroid dienone is 4. The first-order chi connectivity index (χ1) is 9.04. The maximum atomic E-state index is 11.7. The third kappa shape index (κ3) is 5.44. The normalized spacial score (nSPS) is 14.9. The van der Waals surface area contributed by atoms with Gasteiger partial charge in [-0.15, -0.1) is 23.5 Å². The number of carbonyl (C=O) groups excluding carboxylic acids is 3. The fourth-order valence-corrected chi connectivity index (χ4v) is 2.93. The summed E-state index contributed by atoms with van der Waals surface area (Å²) in [5.74, 6) is -0.786. The third-order valence-electron chi connectivity index (χ3n) is 2.08. The van der Waals surface area contributed by atoms with Crippen molar-refractivity contribution in [2.45, 2.75) is 12.8 Å². The zero-order valence-corrected chi connectivity index (χ0v) is 11.6. The molecule has 1 N–H and O–H groups in total. The van der Waals surface area contributed by atoms with E-state index < -0.39 is 5.97 Å². The molecule has 0 radical (unpaired) electrons. The zero-order chi connectivity index (χ0) is 14.3. The Bertz CT molecular complexity index is 465. The predicted octanol–water partition coefficient (Wildman–Crippen LogP) is 1.44. The second kappa shape index (κ2) is 7.96. The summed E-state index contributed by atoms with van der Waals surface area (Å²) in [7, 11) is 0. The summed E-state index contributed by atoms with van der Waals surface area (Å²) >= 11 is 2.24. The topological polar surface area (TPSA) is 88.5 Å². The van der Waals surface area contributed by atoms with Crippen LogP contribution in [0.3, 0.4) is 0 Å². The average molecular weight is 300 g/mol. The van der Waals surface area contributed by atoms with Gasteiger partial charge in [-0.05, 0) is 0 Å². The van der Waals surface area contributed by atoms with Crippen LogP contribution in [0.25, 0.3) is 0 Å². The molecule has 0 atom stereocenters. The molecule has 0 aromatic heterocycles. The minimum absolute atomic E-state index is 0.0614. The van der Waals surface area contributed by atoms with Gasteiger partial charge in [-0.3, -0.25) is 14.4 Å². The van der Waals surface area contributed by atoms with E-state index in [0.717, 1.165) is 18.0 Å². The van der Waals surface area contributed by atoms with E-state index in [1.807, 2.05) is 0 Å². The number of hydrogen-bond acceptors (Lipinski definition) is 6.